The number of aryl methyl sites for hydroxylation is 1. The van der Waals surface area contributed by atoms with Crippen LogP contribution in [0.5, 0.6) is 5.88 Å². The highest BCUT2D eigenvalue weighted by molar-refractivity contribution is 5.35. The maximum absolute atomic E-state index is 10.3. The van der Waals surface area contributed by atoms with E-state index in [4.69, 9.17) is 4.74 Å². The summed E-state index contributed by atoms with van der Waals surface area (Å²) in [6.07, 6.45) is 1.80. The Morgan fingerprint density at radius 2 is 2.00 bits per heavy atom. The molecule has 3 heteroatoms. The number of nitrogens with zero attached hydrogens (tertiary/aromatic N) is 1. The van der Waals surface area contributed by atoms with Gasteiger partial charge in [0.15, 0.2) is 0 Å². The fourth-order valence-corrected chi connectivity index (χ4v) is 2.12. The molecule has 0 fully saturated rings. The molecule has 1 aromatic carbocycles. The van der Waals surface area contributed by atoms with Gasteiger partial charge in [-0.2, -0.15) is 0 Å². The van der Waals surface area contributed by atoms with Crippen LogP contribution in [0.3, 0.4) is 0 Å². The maximum Gasteiger partial charge on any atom is 0.212 e. The molecule has 3 nitrogen and oxygen atoms in total. The van der Waals surface area contributed by atoms with E-state index >= 15 is 0 Å². The van der Waals surface area contributed by atoms with Gasteiger partial charge in [0.2, 0.25) is 5.88 Å². The molecule has 1 atom stereocenters. The van der Waals surface area contributed by atoms with E-state index in [0.717, 1.165) is 16.7 Å². The van der Waals surface area contributed by atoms with E-state index in [2.05, 4.69) is 18.0 Å². The Morgan fingerprint density at radius 1 is 1.21 bits per heavy atom. The van der Waals surface area contributed by atoms with Gasteiger partial charge in [-0.1, -0.05) is 24.3 Å². The van der Waals surface area contributed by atoms with Crippen molar-refractivity contribution >= 4 is 0 Å². The zero-order valence-corrected chi connectivity index (χ0v) is 11.6. The molecule has 100 valence electrons. The van der Waals surface area contributed by atoms with Crippen LogP contribution in [-0.2, 0) is 6.42 Å². The molecule has 2 aromatic rings. The van der Waals surface area contributed by atoms with E-state index in [-0.39, 0.29) is 0 Å². The summed E-state index contributed by atoms with van der Waals surface area (Å²) in [5.41, 5.74) is 4.32. The van der Waals surface area contributed by atoms with Crippen LogP contribution in [0.25, 0.3) is 0 Å². The van der Waals surface area contributed by atoms with Gasteiger partial charge < -0.3 is 9.84 Å². The first-order valence-electron chi connectivity index (χ1n) is 6.35. The zero-order chi connectivity index (χ0) is 13.8. The van der Waals surface area contributed by atoms with Crippen LogP contribution in [0.2, 0.25) is 0 Å². The second-order valence-electron chi connectivity index (χ2n) is 4.72. The van der Waals surface area contributed by atoms with E-state index in [1.54, 1.807) is 13.3 Å². The molecule has 2 rings (SSSR count). The topological polar surface area (TPSA) is 42.4 Å². The molecule has 19 heavy (non-hydrogen) atoms. The van der Waals surface area contributed by atoms with Crippen LogP contribution in [0.15, 0.2) is 36.5 Å². The molecule has 0 saturated carbocycles. The number of ether oxygens (including phenoxy) is 1. The predicted octanol–water partition coefficient (Wildman–Crippen LogP) is 2.98. The van der Waals surface area contributed by atoms with Crippen molar-refractivity contribution in [3.8, 4) is 5.88 Å². The summed E-state index contributed by atoms with van der Waals surface area (Å²) < 4.78 is 5.02. The summed E-state index contributed by atoms with van der Waals surface area (Å²) in [6, 6.07) is 9.75. The summed E-state index contributed by atoms with van der Waals surface area (Å²) in [6.45, 7) is 4.10. The van der Waals surface area contributed by atoms with Crippen molar-refractivity contribution in [2.75, 3.05) is 7.11 Å². The fourth-order valence-electron chi connectivity index (χ4n) is 2.12. The lowest BCUT2D eigenvalue weighted by molar-refractivity contribution is 0.177. The van der Waals surface area contributed by atoms with Gasteiger partial charge in [0.1, 0.15) is 0 Å². The number of methoxy groups -OCH3 is 1. The van der Waals surface area contributed by atoms with Gasteiger partial charge >= 0.3 is 0 Å². The number of aromatic nitrogens is 1. The molecular weight excluding hydrogens is 238 g/mol. The Labute approximate surface area is 113 Å². The monoisotopic (exact) mass is 257 g/mol. The average Bonchev–Trinajstić information content (AvgIpc) is 2.42. The molecule has 1 heterocycles. The van der Waals surface area contributed by atoms with Crippen LogP contribution >= 0.6 is 0 Å². The predicted molar refractivity (Wildman–Crippen MR) is 75.4 cm³/mol. The van der Waals surface area contributed by atoms with E-state index in [0.29, 0.717) is 12.3 Å². The Hall–Kier alpha value is -1.87. The molecular formula is C16H19NO2. The molecule has 0 saturated heterocycles. The van der Waals surface area contributed by atoms with Crippen LogP contribution in [0.1, 0.15) is 28.4 Å². The largest absolute Gasteiger partial charge is 0.481 e. The third-order valence-electron chi connectivity index (χ3n) is 3.44. The van der Waals surface area contributed by atoms with E-state index in [9.17, 15) is 5.11 Å². The SMILES string of the molecule is COc1ccc(CC(O)c2cccc(C)c2C)cn1. The standard InChI is InChI=1S/C16H19NO2/c1-11-5-4-6-14(12(11)2)15(18)9-13-7-8-16(19-3)17-10-13/h4-8,10,15,18H,9H2,1-3H3. The van der Waals surface area contributed by atoms with E-state index in [1.807, 2.05) is 31.2 Å². The quantitative estimate of drug-likeness (QED) is 0.915. The van der Waals surface area contributed by atoms with Crippen LogP contribution < -0.4 is 4.74 Å². The van der Waals surface area contributed by atoms with Crippen molar-refractivity contribution in [3.63, 3.8) is 0 Å². The summed E-state index contributed by atoms with van der Waals surface area (Å²) in [4.78, 5) is 4.15. The van der Waals surface area contributed by atoms with Crippen molar-refractivity contribution in [2.24, 2.45) is 0 Å². The fraction of sp³-hybridized carbons (Fsp3) is 0.312. The van der Waals surface area contributed by atoms with E-state index in [1.165, 1.54) is 5.56 Å². The first kappa shape index (κ1) is 13.6. The Bertz CT molecular complexity index is 549. The third-order valence-corrected chi connectivity index (χ3v) is 3.44. The van der Waals surface area contributed by atoms with Crippen LogP contribution in [-0.4, -0.2) is 17.2 Å². The number of rotatable bonds is 4. The summed E-state index contributed by atoms with van der Waals surface area (Å²) in [7, 11) is 1.59. The minimum atomic E-state index is -0.505. The lowest BCUT2D eigenvalue weighted by Gasteiger charge is -2.15. The molecule has 1 unspecified atom stereocenters. The second-order valence-corrected chi connectivity index (χ2v) is 4.72. The molecule has 0 spiro atoms. The van der Waals surface area contributed by atoms with Gasteiger partial charge in [-0.25, -0.2) is 4.98 Å². The van der Waals surface area contributed by atoms with Gasteiger partial charge in [-0.3, -0.25) is 0 Å². The van der Waals surface area contributed by atoms with Gasteiger partial charge in [-0.05, 0) is 36.1 Å². The van der Waals surface area contributed by atoms with E-state index < -0.39 is 6.10 Å². The molecule has 0 bridgehead atoms. The minimum absolute atomic E-state index is 0.505. The third kappa shape index (κ3) is 3.12. The highest BCUT2D eigenvalue weighted by atomic mass is 16.5. The Kier molecular flexibility index (Phi) is 4.17. The van der Waals surface area contributed by atoms with Crippen molar-refractivity contribution in [3.05, 3.63) is 58.8 Å². The van der Waals surface area contributed by atoms with Crippen molar-refractivity contribution in [1.29, 1.82) is 0 Å². The number of benzene rings is 1. The van der Waals surface area contributed by atoms with Gasteiger partial charge in [0.25, 0.3) is 0 Å². The number of hydrogen-bond acceptors (Lipinski definition) is 3. The van der Waals surface area contributed by atoms with Crippen LogP contribution in [0.4, 0.5) is 0 Å². The highest BCUT2D eigenvalue weighted by Gasteiger charge is 2.12. The van der Waals surface area contributed by atoms with Crippen LogP contribution in [0, 0.1) is 13.8 Å². The Balaban J connectivity index is 2.15. The Morgan fingerprint density at radius 3 is 2.63 bits per heavy atom. The number of aliphatic hydroxyl groups excluding tert-OH is 1. The zero-order valence-electron chi connectivity index (χ0n) is 11.6. The lowest BCUT2D eigenvalue weighted by Crippen LogP contribution is -2.05. The number of aliphatic hydroxyl groups is 1. The molecule has 0 amide bonds. The molecule has 0 aliphatic heterocycles. The summed E-state index contributed by atoms with van der Waals surface area (Å²) in [5, 5.41) is 10.3. The van der Waals surface area contributed by atoms with Gasteiger partial charge in [0, 0.05) is 18.7 Å². The molecule has 0 aliphatic carbocycles. The molecule has 1 aromatic heterocycles. The van der Waals surface area contributed by atoms with Gasteiger partial charge in [0.05, 0.1) is 13.2 Å². The maximum atomic E-state index is 10.3. The lowest BCUT2D eigenvalue weighted by atomic mass is 9.96. The van der Waals surface area contributed by atoms with Gasteiger partial charge in [-0.15, -0.1) is 0 Å². The number of pyridine rings is 1. The molecule has 1 N–H and O–H groups in total. The van der Waals surface area contributed by atoms with Crippen molar-refractivity contribution in [1.82, 2.24) is 4.98 Å². The summed E-state index contributed by atoms with van der Waals surface area (Å²) in [5.74, 6) is 0.588. The average molecular weight is 257 g/mol. The number of hydrogen-bond donors (Lipinski definition) is 1. The highest BCUT2D eigenvalue weighted by Crippen LogP contribution is 2.23. The van der Waals surface area contributed by atoms with Crippen molar-refractivity contribution in [2.45, 2.75) is 26.4 Å². The smallest absolute Gasteiger partial charge is 0.212 e. The molecule has 0 radical (unpaired) electrons. The summed E-state index contributed by atoms with van der Waals surface area (Å²) >= 11 is 0. The molecule has 0 aliphatic rings. The van der Waals surface area contributed by atoms with Crippen molar-refractivity contribution < 1.29 is 9.84 Å². The normalized spacial score (nSPS) is 12.2. The second kappa shape index (κ2) is 5.85. The first-order chi connectivity index (χ1) is 9.11. The minimum Gasteiger partial charge on any atom is -0.481 e. The first-order valence-corrected chi connectivity index (χ1v) is 6.35.